The molecule has 0 N–H and O–H groups in total. The fraction of sp³-hybridized carbons (Fsp3) is 0. The van der Waals surface area contributed by atoms with Crippen LogP contribution in [0.2, 0.25) is 0 Å². The molecule has 0 unspecified atom stereocenters. The highest BCUT2D eigenvalue weighted by atomic mass is 15.0. The van der Waals surface area contributed by atoms with E-state index in [2.05, 4.69) is 197 Å². The normalized spacial score (nSPS) is 11.7. The van der Waals surface area contributed by atoms with Gasteiger partial charge in [0.1, 0.15) is 0 Å². The summed E-state index contributed by atoms with van der Waals surface area (Å²) in [6, 6.07) is 69.1. The number of para-hydroxylation sites is 4. The van der Waals surface area contributed by atoms with Crippen LogP contribution in [0.3, 0.4) is 0 Å². The van der Waals surface area contributed by atoms with Gasteiger partial charge in [-0.2, -0.15) is 0 Å². The Bertz CT molecular complexity index is 2980. The SMILES string of the molecule is c1ccc(-c2cc(-c3cc(-n4c5ccccc5c5ccccc54)cc(-n4c5ccccc5c5ccccc54)c3)nc(-c3cccc4ccccc34)n2)cc1. The molecule has 0 fully saturated rings. The van der Waals surface area contributed by atoms with Crippen molar-refractivity contribution in [2.75, 3.05) is 0 Å². The van der Waals surface area contributed by atoms with Gasteiger partial charge < -0.3 is 9.13 Å². The third-order valence-corrected chi connectivity index (χ3v) is 10.7. The maximum atomic E-state index is 5.41. The number of benzene rings is 8. The summed E-state index contributed by atoms with van der Waals surface area (Å²) in [5, 5.41) is 7.19. The molecule has 0 radical (unpaired) electrons. The predicted molar refractivity (Wildman–Crippen MR) is 225 cm³/mol. The molecule has 0 spiro atoms. The molecule has 4 nitrogen and oxygen atoms in total. The molecule has 11 aromatic rings. The van der Waals surface area contributed by atoms with Gasteiger partial charge in [0.2, 0.25) is 0 Å². The minimum atomic E-state index is 0.698. The Morgan fingerprint density at radius 2 is 0.741 bits per heavy atom. The Balaban J connectivity index is 1.25. The van der Waals surface area contributed by atoms with E-state index in [9.17, 15) is 0 Å². The monoisotopic (exact) mass is 688 g/mol. The van der Waals surface area contributed by atoms with Crippen LogP contribution in [0.15, 0.2) is 194 Å². The van der Waals surface area contributed by atoms with Gasteiger partial charge in [-0.1, -0.05) is 146 Å². The third-order valence-electron chi connectivity index (χ3n) is 10.7. The van der Waals surface area contributed by atoms with Crippen LogP contribution in [-0.2, 0) is 0 Å². The first kappa shape index (κ1) is 30.3. The number of hydrogen-bond acceptors (Lipinski definition) is 2. The van der Waals surface area contributed by atoms with Gasteiger partial charge in [0, 0.05) is 49.6 Å². The lowest BCUT2D eigenvalue weighted by Crippen LogP contribution is -2.01. The van der Waals surface area contributed by atoms with Crippen molar-refractivity contribution in [2.45, 2.75) is 0 Å². The first-order valence-corrected chi connectivity index (χ1v) is 18.3. The molecule has 0 saturated heterocycles. The standard InChI is InChI=1S/C50H32N4/c1-2-16-34(17-3-1)44-32-45(52-50(51-44)43-24-14-18-33-15-4-5-19-38(33)43)35-29-36(53-46-25-10-6-20-39(46)40-21-7-11-26-47(40)53)31-37(30-35)54-48-27-12-8-22-41(48)42-23-9-13-28-49(42)54/h1-32H. The molecular weight excluding hydrogens is 657 g/mol. The maximum absolute atomic E-state index is 5.41. The first-order chi connectivity index (χ1) is 26.8. The lowest BCUT2D eigenvalue weighted by molar-refractivity contribution is 1.13. The number of rotatable bonds is 5. The molecule has 4 heteroatoms. The van der Waals surface area contributed by atoms with Crippen LogP contribution in [0, 0.1) is 0 Å². The molecular formula is C50H32N4. The molecule has 0 aliphatic rings. The Kier molecular flexibility index (Phi) is 6.82. The summed E-state index contributed by atoms with van der Waals surface area (Å²) in [7, 11) is 0. The van der Waals surface area contributed by atoms with Crippen LogP contribution in [0.1, 0.15) is 0 Å². The summed E-state index contributed by atoms with van der Waals surface area (Å²) in [6.45, 7) is 0. The molecule has 0 aliphatic carbocycles. The number of hydrogen-bond donors (Lipinski definition) is 0. The van der Waals surface area contributed by atoms with Gasteiger partial charge in [-0.15, -0.1) is 0 Å². The molecule has 54 heavy (non-hydrogen) atoms. The summed E-state index contributed by atoms with van der Waals surface area (Å²) >= 11 is 0. The summed E-state index contributed by atoms with van der Waals surface area (Å²) in [5.41, 5.74) is 11.6. The minimum Gasteiger partial charge on any atom is -0.309 e. The van der Waals surface area contributed by atoms with Crippen LogP contribution in [0.5, 0.6) is 0 Å². The van der Waals surface area contributed by atoms with Crippen molar-refractivity contribution >= 4 is 54.4 Å². The summed E-state index contributed by atoms with van der Waals surface area (Å²) in [6.07, 6.45) is 0. The molecule has 0 bridgehead atoms. The van der Waals surface area contributed by atoms with Gasteiger partial charge in [-0.3, -0.25) is 0 Å². The maximum Gasteiger partial charge on any atom is 0.161 e. The molecule has 0 aliphatic heterocycles. The fourth-order valence-corrected chi connectivity index (χ4v) is 8.30. The zero-order valence-corrected chi connectivity index (χ0v) is 29.3. The summed E-state index contributed by atoms with van der Waals surface area (Å²) < 4.78 is 4.80. The van der Waals surface area contributed by atoms with Crippen LogP contribution in [0.25, 0.3) is 99.7 Å². The van der Waals surface area contributed by atoms with Gasteiger partial charge in [-0.05, 0) is 59.3 Å². The zero-order chi connectivity index (χ0) is 35.6. The van der Waals surface area contributed by atoms with Gasteiger partial charge in [-0.25, -0.2) is 9.97 Å². The van der Waals surface area contributed by atoms with Gasteiger partial charge in [0.05, 0.1) is 33.5 Å². The third kappa shape index (κ3) is 4.78. The van der Waals surface area contributed by atoms with Crippen molar-refractivity contribution < 1.29 is 0 Å². The predicted octanol–water partition coefficient (Wildman–Crippen LogP) is 12.8. The highest BCUT2D eigenvalue weighted by Gasteiger charge is 2.19. The van der Waals surface area contributed by atoms with E-state index in [0.717, 1.165) is 72.3 Å². The second-order valence-corrected chi connectivity index (χ2v) is 13.8. The molecule has 0 atom stereocenters. The quantitative estimate of drug-likeness (QED) is 0.180. The van der Waals surface area contributed by atoms with E-state index in [-0.39, 0.29) is 0 Å². The van der Waals surface area contributed by atoms with Gasteiger partial charge in [0.25, 0.3) is 0 Å². The van der Waals surface area contributed by atoms with Crippen molar-refractivity contribution in [2.24, 2.45) is 0 Å². The van der Waals surface area contributed by atoms with E-state index in [1.165, 1.54) is 21.5 Å². The van der Waals surface area contributed by atoms with Crippen molar-refractivity contribution in [3.8, 4) is 45.3 Å². The van der Waals surface area contributed by atoms with Crippen LogP contribution >= 0.6 is 0 Å². The van der Waals surface area contributed by atoms with Crippen molar-refractivity contribution in [3.05, 3.63) is 194 Å². The molecule has 0 saturated carbocycles. The van der Waals surface area contributed by atoms with E-state index in [0.29, 0.717) is 5.82 Å². The molecule has 8 aromatic carbocycles. The van der Waals surface area contributed by atoms with Crippen molar-refractivity contribution in [1.82, 2.24) is 19.1 Å². The molecule has 11 rings (SSSR count). The fourth-order valence-electron chi connectivity index (χ4n) is 8.30. The Hall–Kier alpha value is -7.30. The Labute approximate surface area is 311 Å². The van der Waals surface area contributed by atoms with Gasteiger partial charge >= 0.3 is 0 Å². The lowest BCUT2D eigenvalue weighted by Gasteiger charge is -2.16. The Morgan fingerprint density at radius 1 is 0.315 bits per heavy atom. The van der Waals surface area contributed by atoms with Crippen LogP contribution in [-0.4, -0.2) is 19.1 Å². The molecule has 3 heterocycles. The first-order valence-electron chi connectivity index (χ1n) is 18.3. The van der Waals surface area contributed by atoms with E-state index >= 15 is 0 Å². The average molecular weight is 689 g/mol. The zero-order valence-electron chi connectivity index (χ0n) is 29.3. The van der Waals surface area contributed by atoms with E-state index in [1.807, 2.05) is 6.07 Å². The van der Waals surface area contributed by atoms with E-state index < -0.39 is 0 Å². The van der Waals surface area contributed by atoms with Gasteiger partial charge in [0.15, 0.2) is 5.82 Å². The highest BCUT2D eigenvalue weighted by molar-refractivity contribution is 6.10. The summed E-state index contributed by atoms with van der Waals surface area (Å²) in [4.78, 5) is 10.7. The summed E-state index contributed by atoms with van der Waals surface area (Å²) in [5.74, 6) is 0.698. The second-order valence-electron chi connectivity index (χ2n) is 13.8. The van der Waals surface area contributed by atoms with E-state index in [1.54, 1.807) is 0 Å². The lowest BCUT2D eigenvalue weighted by atomic mass is 10.0. The van der Waals surface area contributed by atoms with Crippen molar-refractivity contribution in [3.63, 3.8) is 0 Å². The van der Waals surface area contributed by atoms with Crippen LogP contribution < -0.4 is 0 Å². The van der Waals surface area contributed by atoms with E-state index in [4.69, 9.17) is 9.97 Å². The number of fused-ring (bicyclic) bond motifs is 7. The van der Waals surface area contributed by atoms with Crippen LogP contribution in [0.4, 0.5) is 0 Å². The smallest absolute Gasteiger partial charge is 0.161 e. The van der Waals surface area contributed by atoms with Crippen molar-refractivity contribution in [1.29, 1.82) is 0 Å². The second kappa shape index (κ2) is 12.1. The number of nitrogens with zero attached hydrogens (tertiary/aromatic N) is 4. The minimum absolute atomic E-state index is 0.698. The largest absolute Gasteiger partial charge is 0.309 e. The molecule has 252 valence electrons. The highest BCUT2D eigenvalue weighted by Crippen LogP contribution is 2.39. The number of aromatic nitrogens is 4. The average Bonchev–Trinajstić information content (AvgIpc) is 3.77. The molecule has 0 amide bonds. The Morgan fingerprint density at radius 3 is 1.28 bits per heavy atom. The molecule has 3 aromatic heterocycles. The topological polar surface area (TPSA) is 35.6 Å².